The number of ether oxygens (including phenoxy) is 1. The number of aromatic nitrogens is 1. The zero-order chi connectivity index (χ0) is 19.8. The maximum atomic E-state index is 12.8. The van der Waals surface area contributed by atoms with Gasteiger partial charge in [0, 0.05) is 31.1 Å². The van der Waals surface area contributed by atoms with E-state index in [1.54, 1.807) is 24.0 Å². The lowest BCUT2D eigenvalue weighted by atomic mass is 10.0. The first-order valence-corrected chi connectivity index (χ1v) is 9.99. The van der Waals surface area contributed by atoms with Crippen LogP contribution in [0.1, 0.15) is 37.7 Å². The topological polar surface area (TPSA) is 118 Å². The van der Waals surface area contributed by atoms with Crippen molar-refractivity contribution >= 4 is 28.3 Å². The van der Waals surface area contributed by atoms with Gasteiger partial charge in [0.1, 0.15) is 10.6 Å². The molecule has 3 heterocycles. The van der Waals surface area contributed by atoms with E-state index >= 15 is 0 Å². The molecule has 1 aromatic heterocycles. The Bertz CT molecular complexity index is 929. The van der Waals surface area contributed by atoms with Gasteiger partial charge in [-0.05, 0) is 37.1 Å². The number of benzene rings is 1. The van der Waals surface area contributed by atoms with Crippen LogP contribution in [0, 0.1) is 6.92 Å². The van der Waals surface area contributed by atoms with Crippen molar-refractivity contribution in [2.24, 2.45) is 0 Å². The molecule has 0 bridgehead atoms. The molecule has 2 atom stereocenters. The number of nitrogens with one attached hydrogen (secondary N) is 1. The summed E-state index contributed by atoms with van der Waals surface area (Å²) in [5, 5.41) is 13.5. The SMILES string of the molecule is Cc1nc(N)sc1C(=O)N1C[C@H](O)C[C@H](NC(=O)c2ccc3c(c2)CCO3)C1. The number of aliphatic hydroxyl groups is 1. The molecule has 148 valence electrons. The Morgan fingerprint density at radius 3 is 2.96 bits per heavy atom. The molecule has 2 aliphatic heterocycles. The van der Waals surface area contributed by atoms with E-state index in [1.165, 1.54) is 0 Å². The minimum atomic E-state index is -0.706. The van der Waals surface area contributed by atoms with Crippen molar-refractivity contribution in [3.05, 3.63) is 39.9 Å². The van der Waals surface area contributed by atoms with E-state index in [0.29, 0.717) is 40.8 Å². The third kappa shape index (κ3) is 3.67. The van der Waals surface area contributed by atoms with E-state index in [1.807, 2.05) is 6.07 Å². The summed E-state index contributed by atoms with van der Waals surface area (Å²) in [4.78, 5) is 31.6. The minimum Gasteiger partial charge on any atom is -0.493 e. The van der Waals surface area contributed by atoms with Crippen molar-refractivity contribution in [2.45, 2.75) is 31.9 Å². The number of rotatable bonds is 3. The molecule has 1 aromatic carbocycles. The Morgan fingerprint density at radius 1 is 1.39 bits per heavy atom. The Balaban J connectivity index is 1.45. The van der Waals surface area contributed by atoms with Crippen LogP contribution in [-0.4, -0.2) is 58.6 Å². The fourth-order valence-electron chi connectivity index (χ4n) is 3.70. The lowest BCUT2D eigenvalue weighted by Gasteiger charge is -2.35. The van der Waals surface area contributed by atoms with Crippen molar-refractivity contribution in [3.63, 3.8) is 0 Å². The molecule has 1 fully saturated rings. The van der Waals surface area contributed by atoms with Gasteiger partial charge in [-0.25, -0.2) is 4.98 Å². The molecule has 4 rings (SSSR count). The van der Waals surface area contributed by atoms with Gasteiger partial charge in [-0.3, -0.25) is 9.59 Å². The summed E-state index contributed by atoms with van der Waals surface area (Å²) in [7, 11) is 0. The number of carbonyl (C=O) groups excluding carboxylic acids is 2. The standard InChI is InChI=1S/C19H22N4O4S/c1-10-16(28-19(20)21-10)18(26)23-8-13(7-14(24)9-23)22-17(25)12-2-3-15-11(6-12)4-5-27-15/h2-3,6,13-14,24H,4-5,7-9H2,1H3,(H2,20,21)(H,22,25)/t13-,14+/m0/s1. The Morgan fingerprint density at radius 2 is 2.21 bits per heavy atom. The van der Waals surface area contributed by atoms with Gasteiger partial charge in [0.2, 0.25) is 0 Å². The van der Waals surface area contributed by atoms with Crippen LogP contribution in [0.2, 0.25) is 0 Å². The number of thiazole rings is 1. The highest BCUT2D eigenvalue weighted by Gasteiger charge is 2.32. The molecule has 9 heteroatoms. The molecular formula is C19H22N4O4S. The summed E-state index contributed by atoms with van der Waals surface area (Å²) >= 11 is 1.14. The molecule has 2 amide bonds. The first kappa shape index (κ1) is 18.7. The highest BCUT2D eigenvalue weighted by molar-refractivity contribution is 7.17. The Kier molecular flexibility index (Phi) is 4.94. The summed E-state index contributed by atoms with van der Waals surface area (Å²) in [6, 6.07) is 5.03. The normalized spacial score (nSPS) is 21.1. The zero-order valence-electron chi connectivity index (χ0n) is 15.5. The number of anilines is 1. The second kappa shape index (κ2) is 7.40. The van der Waals surface area contributed by atoms with Crippen molar-refractivity contribution in [3.8, 4) is 5.75 Å². The van der Waals surface area contributed by atoms with E-state index in [-0.39, 0.29) is 24.4 Å². The van der Waals surface area contributed by atoms with E-state index in [9.17, 15) is 14.7 Å². The molecule has 8 nitrogen and oxygen atoms in total. The van der Waals surface area contributed by atoms with Gasteiger partial charge in [0.15, 0.2) is 5.13 Å². The minimum absolute atomic E-state index is 0.221. The van der Waals surface area contributed by atoms with Gasteiger partial charge in [0.05, 0.1) is 18.4 Å². The molecular weight excluding hydrogens is 380 g/mol. The second-order valence-electron chi connectivity index (χ2n) is 7.16. The third-order valence-electron chi connectivity index (χ3n) is 5.01. The summed E-state index contributed by atoms with van der Waals surface area (Å²) in [5.74, 6) is 0.374. The zero-order valence-corrected chi connectivity index (χ0v) is 16.3. The number of nitrogen functional groups attached to an aromatic ring is 1. The fourth-order valence-corrected chi connectivity index (χ4v) is 4.50. The van der Waals surface area contributed by atoms with Gasteiger partial charge in [-0.1, -0.05) is 11.3 Å². The maximum Gasteiger partial charge on any atom is 0.266 e. The number of amides is 2. The predicted molar refractivity (Wildman–Crippen MR) is 105 cm³/mol. The van der Waals surface area contributed by atoms with Crippen molar-refractivity contribution in [1.29, 1.82) is 0 Å². The lowest BCUT2D eigenvalue weighted by Crippen LogP contribution is -2.54. The van der Waals surface area contributed by atoms with Crippen LogP contribution in [0.4, 0.5) is 5.13 Å². The number of hydrogen-bond acceptors (Lipinski definition) is 7. The molecule has 2 aromatic rings. The van der Waals surface area contributed by atoms with Crippen LogP contribution < -0.4 is 15.8 Å². The number of piperidine rings is 1. The quantitative estimate of drug-likeness (QED) is 0.704. The molecule has 0 spiro atoms. The molecule has 0 aliphatic carbocycles. The average molecular weight is 402 g/mol. The highest BCUT2D eigenvalue weighted by Crippen LogP contribution is 2.26. The van der Waals surface area contributed by atoms with Crippen LogP contribution in [-0.2, 0) is 6.42 Å². The monoisotopic (exact) mass is 402 g/mol. The lowest BCUT2D eigenvalue weighted by molar-refractivity contribution is 0.0374. The molecule has 0 saturated carbocycles. The van der Waals surface area contributed by atoms with Crippen LogP contribution in [0.3, 0.4) is 0 Å². The summed E-state index contributed by atoms with van der Waals surface area (Å²) in [5.41, 5.74) is 7.84. The fraction of sp³-hybridized carbons (Fsp3) is 0.421. The number of β-amino-alcohol motifs (C(OH)–C–C–N with tert-alkyl or cyclic N) is 1. The Labute approximate surface area is 166 Å². The first-order chi connectivity index (χ1) is 13.4. The average Bonchev–Trinajstić information content (AvgIpc) is 3.25. The van der Waals surface area contributed by atoms with Gasteiger partial charge in [0.25, 0.3) is 11.8 Å². The molecule has 0 radical (unpaired) electrons. The van der Waals surface area contributed by atoms with E-state index in [4.69, 9.17) is 10.5 Å². The van der Waals surface area contributed by atoms with Crippen molar-refractivity contribution < 1.29 is 19.4 Å². The highest BCUT2D eigenvalue weighted by atomic mass is 32.1. The number of nitrogens with zero attached hydrogens (tertiary/aromatic N) is 2. The summed E-state index contributed by atoms with van der Waals surface area (Å²) in [6.07, 6.45) is 0.480. The number of hydrogen-bond donors (Lipinski definition) is 3. The van der Waals surface area contributed by atoms with Crippen molar-refractivity contribution in [1.82, 2.24) is 15.2 Å². The number of likely N-dealkylation sites (tertiary alicyclic amines) is 1. The third-order valence-corrected chi connectivity index (χ3v) is 5.98. The number of carbonyl (C=O) groups is 2. The van der Waals surface area contributed by atoms with Crippen LogP contribution in [0.15, 0.2) is 18.2 Å². The molecule has 4 N–H and O–H groups in total. The van der Waals surface area contributed by atoms with E-state index < -0.39 is 6.10 Å². The number of fused-ring (bicyclic) bond motifs is 1. The van der Waals surface area contributed by atoms with Gasteiger partial charge in [-0.15, -0.1) is 0 Å². The molecule has 0 unspecified atom stereocenters. The van der Waals surface area contributed by atoms with Crippen LogP contribution >= 0.6 is 11.3 Å². The van der Waals surface area contributed by atoms with Gasteiger partial charge >= 0.3 is 0 Å². The number of aryl methyl sites for hydroxylation is 1. The first-order valence-electron chi connectivity index (χ1n) is 9.17. The summed E-state index contributed by atoms with van der Waals surface area (Å²) in [6.45, 7) is 2.91. The number of aliphatic hydroxyl groups excluding tert-OH is 1. The van der Waals surface area contributed by atoms with Gasteiger partial charge < -0.3 is 25.8 Å². The maximum absolute atomic E-state index is 12.8. The molecule has 1 saturated heterocycles. The van der Waals surface area contributed by atoms with E-state index in [0.717, 1.165) is 29.1 Å². The Hall–Kier alpha value is -2.65. The molecule has 28 heavy (non-hydrogen) atoms. The smallest absolute Gasteiger partial charge is 0.266 e. The number of nitrogens with two attached hydrogens (primary N) is 1. The second-order valence-corrected chi connectivity index (χ2v) is 8.19. The summed E-state index contributed by atoms with van der Waals surface area (Å²) < 4.78 is 5.47. The predicted octanol–water partition coefficient (Wildman–Crippen LogP) is 0.974. The largest absolute Gasteiger partial charge is 0.493 e. The van der Waals surface area contributed by atoms with Gasteiger partial charge in [-0.2, -0.15) is 0 Å². The van der Waals surface area contributed by atoms with Crippen molar-refractivity contribution in [2.75, 3.05) is 25.4 Å². The van der Waals surface area contributed by atoms with E-state index in [2.05, 4.69) is 10.3 Å². The van der Waals surface area contributed by atoms with Crippen LogP contribution in [0.5, 0.6) is 5.75 Å². The molecule has 2 aliphatic rings. The van der Waals surface area contributed by atoms with Crippen LogP contribution in [0.25, 0.3) is 0 Å².